The molecule has 0 bridgehead atoms. The molecule has 0 radical (unpaired) electrons. The number of rotatable bonds is 6. The summed E-state index contributed by atoms with van der Waals surface area (Å²) < 4.78 is 0. The Kier molecular flexibility index (Phi) is 684. The Morgan fingerprint density at radius 2 is 0.258 bits per heavy atom. The van der Waals surface area contributed by atoms with Gasteiger partial charge in [-0.05, 0) is 47.9 Å². The molecule has 0 saturated carbocycles. The van der Waals surface area contributed by atoms with E-state index in [9.17, 15) is 0 Å². The molecule has 30 nitrogen and oxygen atoms in total. The van der Waals surface area contributed by atoms with E-state index in [2.05, 4.69) is 68.5 Å². The van der Waals surface area contributed by atoms with Crippen molar-refractivity contribution >= 4 is 0 Å². The third-order valence-electron chi connectivity index (χ3n) is 4.55. The molecule has 4 aromatic rings. The zero-order chi connectivity index (χ0) is 19.3. The molecule has 4 aromatic heterocycles. The van der Waals surface area contributed by atoms with Crippen LogP contribution in [0.4, 0.5) is 0 Å². The van der Waals surface area contributed by atoms with Gasteiger partial charge in [0.25, 0.3) is 0 Å². The van der Waals surface area contributed by atoms with E-state index in [1.807, 2.05) is 49.6 Å². The van der Waals surface area contributed by atoms with E-state index in [1.54, 1.807) is 0 Å². The maximum Gasteiger partial charge on any atom is 0.167 e. The fraction of sp³-hybridized carbons (Fsp3) is 0.167. The number of hydrogen-bond acceptors (Lipinski definition) is 0. The Morgan fingerprint density at radius 1 is 0.177 bits per heavy atom. The first kappa shape index (κ1) is 252. The number of aryl methyl sites for hydroxylation is 4. The van der Waals surface area contributed by atoms with Gasteiger partial charge >= 0.3 is 0 Å². The molecular formula is C24H28Mo8N4O26-48. The van der Waals surface area contributed by atoms with Crippen molar-refractivity contribution in [2.75, 3.05) is 0 Å². The van der Waals surface area contributed by atoms with E-state index in [-0.39, 0.29) is 311 Å². The van der Waals surface area contributed by atoms with Crippen LogP contribution < -0.4 is 19.9 Å². The second-order valence-electron chi connectivity index (χ2n) is 6.63. The molecule has 0 aliphatic carbocycles. The number of aromatic amines is 4. The number of hydrogen-bond donors (Lipinski definition) is 0. The van der Waals surface area contributed by atoms with E-state index in [1.165, 1.54) is 22.3 Å². The van der Waals surface area contributed by atoms with Gasteiger partial charge in [0.15, 0.2) is 49.6 Å². The predicted molar refractivity (Wildman–Crippen MR) is 125 cm³/mol. The fourth-order valence-electron chi connectivity index (χ4n) is 2.93. The maximum atomic E-state index is 3.03. The van der Waals surface area contributed by atoms with Gasteiger partial charge in [-0.15, -0.1) is 0 Å². The number of aromatic nitrogens is 4. The van der Waals surface area contributed by atoms with Crippen molar-refractivity contribution in [3.05, 3.63) is 120 Å². The minimum atomic E-state index is 0. The second kappa shape index (κ2) is 168. The van der Waals surface area contributed by atoms with E-state index < -0.39 is 0 Å². The largest absolute Gasteiger partial charge is 2.00 e. The topological polar surface area (TPSA) is 798 Å². The predicted octanol–water partition coefficient (Wildman–Crippen LogP) is -0.909. The Bertz CT molecular complexity index is 828. The van der Waals surface area contributed by atoms with Crippen molar-refractivity contribution in [1.29, 1.82) is 0 Å². The molecule has 0 spiro atoms. The van der Waals surface area contributed by atoms with Gasteiger partial charge in [0.05, 0.1) is 0 Å². The monoisotopic (exact) mass is 1570 g/mol. The summed E-state index contributed by atoms with van der Waals surface area (Å²) in [6.07, 6.45) is 20.1. The van der Waals surface area contributed by atoms with Crippen LogP contribution in [0.15, 0.2) is 98.1 Å². The molecule has 62 heavy (non-hydrogen) atoms. The average Bonchev–Trinajstić information content (AvgIpc) is 2.80. The van der Waals surface area contributed by atoms with Crippen molar-refractivity contribution in [3.8, 4) is 0 Å². The SMILES string of the molecule is [Mo].[Mo].[Mo].[Mo].[Mo].[Mo].[Mo].[Mo].[O-2].[O-2].[O-2].[O-2].[O-2].[O-2].[O-2].[O-2].[O-2].[O-2].[O-2].[O-2].[O-2].[O-2].[O-2].[O-2].[O-2].[O-2].[O-2].[O-2].[O-2].[O-2].[O-2].[O-2].[O-2].[O-2].c1cc(CCc2cc[nH+]cc2)cc[nH+]1.c1cc(CCc2cc[nH+]cc2)cc[nH+]1. The molecule has 0 aromatic carbocycles. The molecular weight excluding hydrogens is 1530 g/mol. The fourth-order valence-corrected chi connectivity index (χ4v) is 2.93. The van der Waals surface area contributed by atoms with Gasteiger partial charge in [-0.25, -0.2) is 19.9 Å². The summed E-state index contributed by atoms with van der Waals surface area (Å²) >= 11 is 0. The third-order valence-corrected chi connectivity index (χ3v) is 4.55. The van der Waals surface area contributed by atoms with Crippen molar-refractivity contribution in [2.45, 2.75) is 25.7 Å². The van der Waals surface area contributed by atoms with E-state index in [0.29, 0.717) is 0 Å². The first-order valence-corrected chi connectivity index (χ1v) is 9.70. The van der Waals surface area contributed by atoms with Gasteiger partial charge in [0.2, 0.25) is 0 Å². The minimum absolute atomic E-state index is 0. The first-order chi connectivity index (χ1) is 13.9. The quantitative estimate of drug-likeness (QED) is 0.212. The molecule has 0 aliphatic heterocycles. The van der Waals surface area contributed by atoms with Gasteiger partial charge < -0.3 is 142 Å². The Labute approximate surface area is 472 Å². The number of nitrogens with one attached hydrogen (secondary N) is 4. The second-order valence-corrected chi connectivity index (χ2v) is 6.63. The van der Waals surface area contributed by atoms with E-state index in [4.69, 9.17) is 0 Å². The van der Waals surface area contributed by atoms with Gasteiger partial charge in [0.1, 0.15) is 0 Å². The van der Waals surface area contributed by atoms with Crippen LogP contribution in [0.5, 0.6) is 0 Å². The molecule has 4 rings (SSSR count). The molecule has 0 amide bonds. The molecule has 4 N–H and O–H groups in total. The van der Waals surface area contributed by atoms with Crippen molar-refractivity contribution in [1.82, 2.24) is 0 Å². The molecule has 0 saturated heterocycles. The molecule has 4 heterocycles. The summed E-state index contributed by atoms with van der Waals surface area (Å²) in [7, 11) is 0. The van der Waals surface area contributed by atoms with Crippen LogP contribution in [0.1, 0.15) is 22.3 Å². The summed E-state index contributed by atoms with van der Waals surface area (Å²) in [6, 6.07) is 17.0. The summed E-state index contributed by atoms with van der Waals surface area (Å²) in [5.74, 6) is 0. The van der Waals surface area contributed by atoms with Crippen LogP contribution in [0, 0.1) is 0 Å². The Morgan fingerprint density at radius 3 is 0.339 bits per heavy atom. The number of H-pyrrole nitrogens is 4. The molecule has 0 unspecified atom stereocenters. The normalized spacial score (nSPS) is 4.52. The number of pyridine rings is 4. The summed E-state index contributed by atoms with van der Waals surface area (Å²) in [6.45, 7) is 0. The van der Waals surface area contributed by atoms with E-state index in [0.717, 1.165) is 25.7 Å². The maximum absolute atomic E-state index is 3.03. The van der Waals surface area contributed by atoms with Gasteiger partial charge in [-0.2, -0.15) is 0 Å². The molecule has 0 fully saturated rings. The third kappa shape index (κ3) is 119. The van der Waals surface area contributed by atoms with Crippen molar-refractivity contribution in [2.24, 2.45) is 0 Å². The zero-order valence-electron chi connectivity index (χ0n) is 29.9. The van der Waals surface area contributed by atoms with Crippen LogP contribution in [0.2, 0.25) is 0 Å². The van der Waals surface area contributed by atoms with Crippen LogP contribution in [0.25, 0.3) is 0 Å². The van der Waals surface area contributed by atoms with Gasteiger partial charge in [-0.1, -0.05) is 0 Å². The van der Waals surface area contributed by atoms with Gasteiger partial charge in [0, 0.05) is 217 Å². The van der Waals surface area contributed by atoms with Crippen LogP contribution in [0.3, 0.4) is 0 Å². The van der Waals surface area contributed by atoms with Crippen LogP contribution in [-0.4, -0.2) is 0 Å². The van der Waals surface area contributed by atoms with Crippen molar-refractivity contribution < 1.29 is 331 Å². The standard InChI is InChI=1S/2C12H12N2.8Mo.26O/c2*1(11-3-7-13-8-4-11)2-12-5-9-14-10-6-12;;;;;;;;;;;;;;;;;;;;;;;;;;;;;;;;;;/h2*3-10H,1-2H2;;;;;;;;;;;;;;;;;;;;;;;;;;;;;;;;;;/q;;;;;;;;;;26*-2/p+4. The first-order valence-electron chi connectivity index (χ1n) is 9.70. The smallest absolute Gasteiger partial charge is 0.167 e. The summed E-state index contributed by atoms with van der Waals surface area (Å²) in [4.78, 5) is 12.1. The molecule has 38 heteroatoms. The van der Waals surface area contributed by atoms with Crippen molar-refractivity contribution in [3.63, 3.8) is 0 Å². The van der Waals surface area contributed by atoms with Gasteiger partial charge in [-0.3, -0.25) is 0 Å². The Hall–Kier alpha value is 1.07. The average molecular weight is 1560 g/mol. The Balaban J connectivity index is -0.00000000625. The van der Waals surface area contributed by atoms with E-state index >= 15 is 0 Å². The van der Waals surface area contributed by atoms with Crippen LogP contribution >= 0.6 is 0 Å². The molecule has 396 valence electrons. The van der Waals surface area contributed by atoms with Crippen LogP contribution in [-0.2, 0) is 337 Å². The molecule has 0 aliphatic rings. The zero-order valence-corrected chi connectivity index (χ0v) is 46.0. The minimum Gasteiger partial charge on any atom is -2.00 e. The summed E-state index contributed by atoms with van der Waals surface area (Å²) in [5, 5.41) is 0. The molecule has 0 atom stereocenters. The summed E-state index contributed by atoms with van der Waals surface area (Å²) in [5.41, 5.74) is 5.49.